The molecule has 3 aromatic rings. The fraction of sp³-hybridized carbons (Fsp3) is 0.250. The van der Waals surface area contributed by atoms with Gasteiger partial charge in [0.15, 0.2) is 11.5 Å². The van der Waals surface area contributed by atoms with Crippen LogP contribution in [-0.4, -0.2) is 26.5 Å². The normalized spacial score (nSPS) is 11.3. The van der Waals surface area contributed by atoms with Crippen LogP contribution in [0.2, 0.25) is 0 Å². The van der Waals surface area contributed by atoms with Gasteiger partial charge >= 0.3 is 0 Å². The molecule has 0 spiro atoms. The van der Waals surface area contributed by atoms with E-state index in [0.717, 1.165) is 27.6 Å². The van der Waals surface area contributed by atoms with Gasteiger partial charge in [-0.05, 0) is 73.0 Å². The number of nitrogens with one attached hydrogen (secondary N) is 1. The van der Waals surface area contributed by atoms with Gasteiger partial charge in [-0.1, -0.05) is 28.1 Å². The molecule has 0 bridgehead atoms. The van der Waals surface area contributed by atoms with Crippen molar-refractivity contribution in [1.82, 2.24) is 5.32 Å². The molecule has 0 aliphatic carbocycles. The van der Waals surface area contributed by atoms with Gasteiger partial charge in [0.05, 0.1) is 16.4 Å². The quantitative estimate of drug-likeness (QED) is 0.190. The minimum atomic E-state index is -3.69. The first-order valence-electron chi connectivity index (χ1n) is 10.8. The molecular formula is C24H26BrN3O6S. The Morgan fingerprint density at radius 2 is 1.63 bits per heavy atom. The van der Waals surface area contributed by atoms with Crippen molar-refractivity contribution < 1.29 is 22.8 Å². The van der Waals surface area contributed by atoms with Crippen molar-refractivity contribution in [3.63, 3.8) is 0 Å². The van der Waals surface area contributed by atoms with Crippen molar-refractivity contribution in [1.29, 1.82) is 0 Å². The molecule has 0 saturated heterocycles. The summed E-state index contributed by atoms with van der Waals surface area (Å²) in [7, 11) is -3.69. The summed E-state index contributed by atoms with van der Waals surface area (Å²) in [6, 6.07) is 16.5. The van der Waals surface area contributed by atoms with Crippen LogP contribution in [0.25, 0.3) is 0 Å². The van der Waals surface area contributed by atoms with Crippen LogP contribution in [0.4, 0.5) is 5.69 Å². The summed E-state index contributed by atoms with van der Waals surface area (Å²) < 4.78 is 35.3. The van der Waals surface area contributed by atoms with Crippen LogP contribution in [0.1, 0.15) is 23.6 Å². The highest BCUT2D eigenvalue weighted by Gasteiger charge is 2.12. The number of non-ortho nitro benzene ring substituents is 1. The van der Waals surface area contributed by atoms with Crippen LogP contribution < -0.4 is 19.9 Å². The second-order valence-electron chi connectivity index (χ2n) is 7.65. The summed E-state index contributed by atoms with van der Waals surface area (Å²) in [5, 5.41) is 19.3. The smallest absolute Gasteiger partial charge is 0.269 e. The molecule has 3 aromatic carbocycles. The molecule has 0 unspecified atom stereocenters. The van der Waals surface area contributed by atoms with Crippen molar-refractivity contribution in [2.75, 3.05) is 13.2 Å². The van der Waals surface area contributed by atoms with Gasteiger partial charge in [-0.15, -0.1) is 0 Å². The Morgan fingerprint density at radius 1 is 1.00 bits per heavy atom. The van der Waals surface area contributed by atoms with Gasteiger partial charge in [0.25, 0.3) is 5.69 Å². The van der Waals surface area contributed by atoms with Crippen LogP contribution in [0.15, 0.2) is 70.0 Å². The first-order valence-corrected chi connectivity index (χ1v) is 13.1. The third-order valence-electron chi connectivity index (χ3n) is 5.11. The molecule has 35 heavy (non-hydrogen) atoms. The molecule has 0 atom stereocenters. The van der Waals surface area contributed by atoms with Crippen molar-refractivity contribution in [2.24, 2.45) is 5.14 Å². The SMILES string of the molecule is CCOc1cc(CNCCc2ccc(S(N)(=O)=O)cc2)c(Br)cc1OCc1ccc([N+](=O)[O-])cc1. The van der Waals surface area contributed by atoms with E-state index >= 15 is 0 Å². The van der Waals surface area contributed by atoms with Crippen LogP contribution in [0, 0.1) is 10.1 Å². The number of nitrogens with zero attached hydrogens (tertiary/aromatic N) is 1. The summed E-state index contributed by atoms with van der Waals surface area (Å²) in [6.45, 7) is 3.87. The highest BCUT2D eigenvalue weighted by Crippen LogP contribution is 2.34. The number of hydrogen-bond donors (Lipinski definition) is 2. The number of nitro groups is 1. The molecule has 186 valence electrons. The topological polar surface area (TPSA) is 134 Å². The molecule has 0 aromatic heterocycles. The molecule has 0 aliphatic rings. The van der Waals surface area contributed by atoms with Crippen LogP contribution in [0.3, 0.4) is 0 Å². The monoisotopic (exact) mass is 563 g/mol. The molecule has 0 amide bonds. The highest BCUT2D eigenvalue weighted by molar-refractivity contribution is 9.10. The van der Waals surface area contributed by atoms with Crippen LogP contribution in [0.5, 0.6) is 11.5 Å². The van der Waals surface area contributed by atoms with Gasteiger partial charge in [-0.25, -0.2) is 13.6 Å². The number of rotatable bonds is 12. The van der Waals surface area contributed by atoms with Gasteiger partial charge in [0.1, 0.15) is 6.61 Å². The number of halogens is 1. The Hall–Kier alpha value is -2.99. The van der Waals surface area contributed by atoms with E-state index in [0.29, 0.717) is 31.2 Å². The molecule has 0 radical (unpaired) electrons. The second-order valence-corrected chi connectivity index (χ2v) is 10.1. The predicted octanol–water partition coefficient (Wildman–Crippen LogP) is 4.31. The summed E-state index contributed by atoms with van der Waals surface area (Å²) in [5.74, 6) is 1.17. The Labute approximate surface area is 212 Å². The van der Waals surface area contributed by atoms with Gasteiger partial charge in [-0.3, -0.25) is 10.1 Å². The van der Waals surface area contributed by atoms with Crippen molar-refractivity contribution >= 4 is 31.6 Å². The average Bonchev–Trinajstić information content (AvgIpc) is 2.82. The number of sulfonamides is 1. The van der Waals surface area contributed by atoms with E-state index in [1.165, 1.54) is 24.3 Å². The molecule has 0 aliphatic heterocycles. The third kappa shape index (κ3) is 7.76. The molecule has 0 heterocycles. The standard InChI is InChI=1S/C24H26BrN3O6S/c1-2-33-23-13-19(15-27-12-11-17-5-9-21(10-6-17)35(26,31)32)22(25)14-24(23)34-16-18-3-7-20(8-4-18)28(29)30/h3-10,13-14,27H,2,11-12,15-16H2,1H3,(H2,26,31,32). The number of ether oxygens (including phenoxy) is 2. The zero-order chi connectivity index (χ0) is 25.4. The first-order chi connectivity index (χ1) is 16.7. The zero-order valence-electron chi connectivity index (χ0n) is 19.1. The predicted molar refractivity (Wildman–Crippen MR) is 136 cm³/mol. The summed E-state index contributed by atoms with van der Waals surface area (Å²) in [4.78, 5) is 10.5. The zero-order valence-corrected chi connectivity index (χ0v) is 21.5. The number of nitrogens with two attached hydrogens (primary N) is 1. The maximum Gasteiger partial charge on any atom is 0.269 e. The van der Waals surface area contributed by atoms with E-state index in [1.54, 1.807) is 24.3 Å². The summed E-state index contributed by atoms with van der Waals surface area (Å²) in [5.41, 5.74) is 2.82. The van der Waals surface area contributed by atoms with Crippen molar-refractivity contribution in [3.8, 4) is 11.5 Å². The lowest BCUT2D eigenvalue weighted by molar-refractivity contribution is -0.384. The lowest BCUT2D eigenvalue weighted by Crippen LogP contribution is -2.17. The van der Waals surface area contributed by atoms with Gasteiger partial charge < -0.3 is 14.8 Å². The second kappa shape index (κ2) is 12.1. The molecule has 11 heteroatoms. The maximum atomic E-state index is 11.4. The molecule has 9 nitrogen and oxygen atoms in total. The molecule has 0 saturated carbocycles. The van der Waals surface area contributed by atoms with Crippen LogP contribution in [-0.2, 0) is 29.6 Å². The van der Waals surface area contributed by atoms with Crippen LogP contribution >= 0.6 is 15.9 Å². The minimum absolute atomic E-state index is 0.0314. The van der Waals surface area contributed by atoms with E-state index in [1.807, 2.05) is 19.1 Å². The average molecular weight is 564 g/mol. The van der Waals surface area contributed by atoms with E-state index in [-0.39, 0.29) is 17.2 Å². The summed E-state index contributed by atoms with van der Waals surface area (Å²) in [6.07, 6.45) is 0.720. The lowest BCUT2D eigenvalue weighted by Gasteiger charge is -2.15. The fourth-order valence-corrected chi connectivity index (χ4v) is 4.25. The van der Waals surface area contributed by atoms with Crippen molar-refractivity contribution in [2.45, 2.75) is 31.4 Å². The number of nitro benzene ring substituents is 1. The largest absolute Gasteiger partial charge is 0.490 e. The Bertz CT molecular complexity index is 1270. The third-order valence-corrected chi connectivity index (χ3v) is 6.78. The Kier molecular flexibility index (Phi) is 9.21. The number of hydrogen-bond acceptors (Lipinski definition) is 7. The van der Waals surface area contributed by atoms with E-state index in [4.69, 9.17) is 14.6 Å². The maximum absolute atomic E-state index is 11.4. The van der Waals surface area contributed by atoms with E-state index < -0.39 is 14.9 Å². The molecular weight excluding hydrogens is 538 g/mol. The highest BCUT2D eigenvalue weighted by atomic mass is 79.9. The summed E-state index contributed by atoms with van der Waals surface area (Å²) >= 11 is 3.59. The first kappa shape index (κ1) is 26.6. The fourth-order valence-electron chi connectivity index (χ4n) is 3.27. The van der Waals surface area contributed by atoms with E-state index in [9.17, 15) is 18.5 Å². The van der Waals surface area contributed by atoms with E-state index in [2.05, 4.69) is 21.2 Å². The Balaban J connectivity index is 1.59. The van der Waals surface area contributed by atoms with Gasteiger partial charge in [0.2, 0.25) is 10.0 Å². The number of benzene rings is 3. The van der Waals surface area contributed by atoms with Gasteiger partial charge in [-0.2, -0.15) is 0 Å². The molecule has 0 fully saturated rings. The van der Waals surface area contributed by atoms with Gasteiger partial charge in [0, 0.05) is 23.2 Å². The minimum Gasteiger partial charge on any atom is -0.490 e. The molecule has 3 N–H and O–H groups in total. The van der Waals surface area contributed by atoms with Crippen molar-refractivity contribution in [3.05, 3.63) is 91.9 Å². The number of primary sulfonamides is 1. The lowest BCUT2D eigenvalue weighted by atomic mass is 10.1. The molecule has 3 rings (SSSR count). The Morgan fingerprint density at radius 3 is 2.23 bits per heavy atom.